The summed E-state index contributed by atoms with van der Waals surface area (Å²) < 4.78 is 11.2. The molecule has 230 valence electrons. The van der Waals surface area contributed by atoms with E-state index >= 15 is 0 Å². The van der Waals surface area contributed by atoms with Crippen LogP contribution in [-0.4, -0.2) is 16.9 Å². The minimum Gasteiger partial charge on any atom is -0.423 e. The molecule has 0 atom stereocenters. The Morgan fingerprint density at radius 1 is 0.717 bits per heavy atom. The third-order valence-corrected chi connectivity index (χ3v) is 7.20. The number of nitro benzene ring substituents is 1. The van der Waals surface area contributed by atoms with E-state index in [2.05, 4.69) is 41.4 Å². The third-order valence-electron chi connectivity index (χ3n) is 7.20. The topological polar surface area (TPSA) is 120 Å². The molecule has 0 saturated heterocycles. The Hall–Kier alpha value is -5.96. The number of para-hydroxylation sites is 1. The van der Waals surface area contributed by atoms with E-state index in [1.165, 1.54) is 42.0 Å². The smallest absolute Gasteiger partial charge is 0.343 e. The van der Waals surface area contributed by atoms with Gasteiger partial charge in [0.1, 0.15) is 11.4 Å². The van der Waals surface area contributed by atoms with E-state index < -0.39 is 16.9 Å². The van der Waals surface area contributed by atoms with Crippen LogP contribution in [0.3, 0.4) is 0 Å². The van der Waals surface area contributed by atoms with Crippen molar-refractivity contribution in [2.24, 2.45) is 10.2 Å². The quantitative estimate of drug-likeness (QED) is 0.0481. The summed E-state index contributed by atoms with van der Waals surface area (Å²) in [4.78, 5) is 36.8. The number of nitro groups is 1. The van der Waals surface area contributed by atoms with Crippen LogP contribution in [0.4, 0.5) is 17.1 Å². The maximum atomic E-state index is 13.2. The Bertz CT molecular complexity index is 1880. The number of azo groups is 1. The lowest BCUT2D eigenvalue weighted by Crippen LogP contribution is -2.10. The van der Waals surface area contributed by atoms with E-state index in [9.17, 15) is 19.7 Å². The van der Waals surface area contributed by atoms with E-state index in [-0.39, 0.29) is 28.6 Å². The Kier molecular flexibility index (Phi) is 10.0. The van der Waals surface area contributed by atoms with Gasteiger partial charge in [0.2, 0.25) is 0 Å². The van der Waals surface area contributed by atoms with Crippen molar-refractivity contribution in [3.63, 3.8) is 0 Å². The number of esters is 2. The van der Waals surface area contributed by atoms with Crippen molar-refractivity contribution in [1.29, 1.82) is 0 Å². The van der Waals surface area contributed by atoms with Crippen molar-refractivity contribution in [2.45, 2.75) is 33.1 Å². The Morgan fingerprint density at radius 2 is 1.30 bits per heavy atom. The highest BCUT2D eigenvalue weighted by Gasteiger charge is 2.17. The van der Waals surface area contributed by atoms with Gasteiger partial charge < -0.3 is 9.47 Å². The number of hydrogen-bond donors (Lipinski definition) is 0. The van der Waals surface area contributed by atoms with E-state index in [4.69, 9.17) is 9.47 Å². The van der Waals surface area contributed by atoms with Crippen molar-refractivity contribution in [1.82, 2.24) is 0 Å². The highest BCUT2D eigenvalue weighted by atomic mass is 16.6. The summed E-state index contributed by atoms with van der Waals surface area (Å²) in [5, 5.41) is 19.7. The standard InChI is InChI=1S/C37H31N3O6/c1-3-4-7-26-12-16-27(17-13-26)28-18-20-30(21-19-28)37(42)46-35-23-22-31(45-36(41)29-14-10-25(2)11-15-29)24-33(35)39-38-32-8-5-6-9-34(32)40(43)44/h5-6,8-24H,3-4,7H2,1-2H3. The molecule has 5 aromatic rings. The molecule has 0 unspecified atom stereocenters. The fraction of sp³-hybridized carbons (Fsp3) is 0.135. The molecule has 0 aliphatic heterocycles. The predicted octanol–water partition coefficient (Wildman–Crippen LogP) is 9.77. The highest BCUT2D eigenvalue weighted by Crippen LogP contribution is 2.36. The lowest BCUT2D eigenvalue weighted by molar-refractivity contribution is -0.384. The summed E-state index contributed by atoms with van der Waals surface area (Å²) in [6, 6.07) is 32.4. The second-order valence-corrected chi connectivity index (χ2v) is 10.6. The zero-order valence-electron chi connectivity index (χ0n) is 25.4. The van der Waals surface area contributed by atoms with Gasteiger partial charge in [0.05, 0.1) is 16.1 Å². The van der Waals surface area contributed by atoms with Crippen LogP contribution in [0.5, 0.6) is 11.5 Å². The normalized spacial score (nSPS) is 10.9. The molecule has 0 saturated carbocycles. The molecule has 9 heteroatoms. The van der Waals surface area contributed by atoms with Gasteiger partial charge in [-0.05, 0) is 78.9 Å². The minimum atomic E-state index is -0.645. The SMILES string of the molecule is CCCCc1ccc(-c2ccc(C(=O)Oc3ccc(OC(=O)c4ccc(C)cc4)cc3N=Nc3ccccc3[N+](=O)[O-])cc2)cc1. The van der Waals surface area contributed by atoms with Gasteiger partial charge in [-0.25, -0.2) is 9.59 Å². The molecule has 0 bridgehead atoms. The van der Waals surface area contributed by atoms with Gasteiger partial charge in [0.25, 0.3) is 5.69 Å². The molecular formula is C37H31N3O6. The number of carbonyl (C=O) groups is 2. The van der Waals surface area contributed by atoms with E-state index in [0.29, 0.717) is 11.1 Å². The average molecular weight is 614 g/mol. The minimum absolute atomic E-state index is 0.000754. The summed E-state index contributed by atoms with van der Waals surface area (Å²) in [5.41, 5.74) is 4.71. The highest BCUT2D eigenvalue weighted by molar-refractivity contribution is 5.93. The third kappa shape index (κ3) is 7.95. The number of rotatable bonds is 11. The second-order valence-electron chi connectivity index (χ2n) is 10.6. The van der Waals surface area contributed by atoms with Crippen LogP contribution in [0.2, 0.25) is 0 Å². The largest absolute Gasteiger partial charge is 0.423 e. The first-order valence-electron chi connectivity index (χ1n) is 14.8. The number of carbonyl (C=O) groups excluding carboxylic acids is 2. The molecule has 0 aromatic heterocycles. The Labute approximate surface area is 266 Å². The first-order valence-corrected chi connectivity index (χ1v) is 14.8. The Morgan fingerprint density at radius 3 is 1.96 bits per heavy atom. The van der Waals surface area contributed by atoms with Crippen molar-refractivity contribution < 1.29 is 24.0 Å². The van der Waals surface area contributed by atoms with Crippen LogP contribution in [0.1, 0.15) is 51.6 Å². The van der Waals surface area contributed by atoms with Gasteiger partial charge in [0.15, 0.2) is 11.4 Å². The molecule has 5 aromatic carbocycles. The van der Waals surface area contributed by atoms with Crippen molar-refractivity contribution in [3.8, 4) is 22.6 Å². The lowest BCUT2D eigenvalue weighted by Gasteiger charge is -2.10. The monoisotopic (exact) mass is 613 g/mol. The van der Waals surface area contributed by atoms with E-state index in [1.807, 2.05) is 19.1 Å². The zero-order chi connectivity index (χ0) is 32.5. The second kappa shape index (κ2) is 14.7. The van der Waals surface area contributed by atoms with Crippen LogP contribution in [0, 0.1) is 17.0 Å². The average Bonchev–Trinajstić information content (AvgIpc) is 3.08. The fourth-order valence-electron chi connectivity index (χ4n) is 4.59. The van der Waals surface area contributed by atoms with Gasteiger partial charge in [-0.3, -0.25) is 10.1 Å². The van der Waals surface area contributed by atoms with Crippen LogP contribution >= 0.6 is 0 Å². The molecule has 0 heterocycles. The fourth-order valence-corrected chi connectivity index (χ4v) is 4.59. The van der Waals surface area contributed by atoms with Gasteiger partial charge in [-0.1, -0.05) is 79.6 Å². The molecule has 9 nitrogen and oxygen atoms in total. The van der Waals surface area contributed by atoms with E-state index in [1.54, 1.807) is 42.5 Å². The van der Waals surface area contributed by atoms with Crippen molar-refractivity contribution >= 4 is 29.0 Å². The molecule has 0 aliphatic rings. The van der Waals surface area contributed by atoms with E-state index in [0.717, 1.165) is 36.0 Å². The molecular weight excluding hydrogens is 582 g/mol. The lowest BCUT2D eigenvalue weighted by atomic mass is 10.0. The number of unbranched alkanes of at least 4 members (excludes halogenated alkanes) is 1. The zero-order valence-corrected chi connectivity index (χ0v) is 25.4. The molecule has 0 spiro atoms. The summed E-state index contributed by atoms with van der Waals surface area (Å²) in [5.74, 6) is -1.10. The first kappa shape index (κ1) is 31.5. The first-order chi connectivity index (χ1) is 22.3. The maximum absolute atomic E-state index is 13.2. The van der Waals surface area contributed by atoms with Crippen LogP contribution in [-0.2, 0) is 6.42 Å². The van der Waals surface area contributed by atoms with Crippen LogP contribution in [0.15, 0.2) is 125 Å². The number of hydrogen-bond acceptors (Lipinski definition) is 8. The summed E-state index contributed by atoms with van der Waals surface area (Å²) >= 11 is 0. The molecule has 0 amide bonds. The summed E-state index contributed by atoms with van der Waals surface area (Å²) in [7, 11) is 0. The molecule has 46 heavy (non-hydrogen) atoms. The van der Waals surface area contributed by atoms with Gasteiger partial charge in [0, 0.05) is 12.1 Å². The van der Waals surface area contributed by atoms with Crippen molar-refractivity contribution in [2.75, 3.05) is 0 Å². The van der Waals surface area contributed by atoms with Gasteiger partial charge >= 0.3 is 11.9 Å². The van der Waals surface area contributed by atoms with Crippen molar-refractivity contribution in [3.05, 3.63) is 148 Å². The van der Waals surface area contributed by atoms with Crippen LogP contribution in [0.25, 0.3) is 11.1 Å². The summed E-state index contributed by atoms with van der Waals surface area (Å²) in [6.45, 7) is 4.08. The molecule has 0 N–H and O–H groups in total. The van der Waals surface area contributed by atoms with Gasteiger partial charge in [-0.2, -0.15) is 0 Å². The predicted molar refractivity (Wildman–Crippen MR) is 175 cm³/mol. The summed E-state index contributed by atoms with van der Waals surface area (Å²) in [6.07, 6.45) is 3.33. The molecule has 0 radical (unpaired) electrons. The van der Waals surface area contributed by atoms with Crippen LogP contribution < -0.4 is 9.47 Å². The number of benzene rings is 5. The molecule has 5 rings (SSSR count). The molecule has 0 fully saturated rings. The number of ether oxygens (including phenoxy) is 2. The van der Waals surface area contributed by atoms with Gasteiger partial charge in [-0.15, -0.1) is 10.2 Å². The number of nitrogens with zero attached hydrogens (tertiary/aromatic N) is 3. The Balaban J connectivity index is 1.38. The maximum Gasteiger partial charge on any atom is 0.343 e. The number of aryl methyl sites for hydroxylation is 2. The molecule has 0 aliphatic carbocycles.